The van der Waals surface area contributed by atoms with Gasteiger partial charge >= 0.3 is 5.97 Å². The van der Waals surface area contributed by atoms with Gasteiger partial charge in [0.2, 0.25) is 0 Å². The Bertz CT molecular complexity index is 2690. The number of thioether (sulfide) groups is 2. The van der Waals surface area contributed by atoms with E-state index < -0.39 is 40.8 Å². The number of nitrogen functional groups attached to an aromatic ring is 1. The highest BCUT2D eigenvalue weighted by Crippen LogP contribution is 2.46. The first-order valence-corrected chi connectivity index (χ1v) is 23.2. The molecule has 0 spiro atoms. The van der Waals surface area contributed by atoms with Gasteiger partial charge in [0.15, 0.2) is 16.9 Å². The third-order valence-corrected chi connectivity index (χ3v) is 14.3. The Kier molecular flexibility index (Phi) is 12.4. The molecule has 0 radical (unpaired) electrons. The third-order valence-electron chi connectivity index (χ3n) is 11.0. The molecule has 320 valence electrons. The molecule has 5 aromatic carbocycles. The minimum Gasteiger partial charge on any atom is -0.448 e. The molecule has 0 aliphatic carbocycles. The van der Waals surface area contributed by atoms with E-state index in [-0.39, 0.29) is 22.2 Å². The summed E-state index contributed by atoms with van der Waals surface area (Å²) in [6.07, 6.45) is 3.14. The van der Waals surface area contributed by atoms with Crippen molar-refractivity contribution in [2.24, 2.45) is 5.16 Å². The average Bonchev–Trinajstić information content (AvgIpc) is 4.01. The standard InChI is InChI=1S/C49H41N7O5S3/c1-60-54-40(38-30-64-48(50)52-38)44(57)53-41-45(58)56-42(47(59)61-43(33-17-7-2-8-18-33)34-19-9-3-10-20-34)39(31-63-46(41)56)62-29-32-27-51-55(28-32)49(35-21-11-4-12-22-35,36-23-13-5-14-24-36)37-25-15-6-16-26-37/h2-28,30,41,43,46H,29,31H2,1H3,(H2,50,52)(H,53,57)/b54-40+/t41-,46-/m1/s1. The van der Waals surface area contributed by atoms with Crippen LogP contribution in [0, 0.1) is 0 Å². The lowest BCUT2D eigenvalue weighted by Crippen LogP contribution is -2.71. The van der Waals surface area contributed by atoms with Crippen LogP contribution in [0.3, 0.4) is 0 Å². The number of ether oxygens (including phenoxy) is 1. The van der Waals surface area contributed by atoms with Crippen LogP contribution in [-0.4, -0.2) is 67.4 Å². The Morgan fingerprint density at radius 3 is 1.92 bits per heavy atom. The number of amides is 2. The summed E-state index contributed by atoms with van der Waals surface area (Å²) in [6, 6.07) is 49.0. The Morgan fingerprint density at radius 1 is 0.859 bits per heavy atom. The first-order chi connectivity index (χ1) is 31.4. The van der Waals surface area contributed by atoms with Crippen LogP contribution in [0.25, 0.3) is 0 Å². The van der Waals surface area contributed by atoms with Gasteiger partial charge in [0.05, 0.1) is 6.20 Å². The molecule has 2 aliphatic rings. The van der Waals surface area contributed by atoms with Crippen LogP contribution in [0.4, 0.5) is 5.13 Å². The lowest BCUT2D eigenvalue weighted by Gasteiger charge is -2.49. The molecule has 2 atom stereocenters. The first kappa shape index (κ1) is 42.4. The number of aromatic nitrogens is 3. The van der Waals surface area contributed by atoms with Gasteiger partial charge in [-0.3, -0.25) is 19.2 Å². The van der Waals surface area contributed by atoms with E-state index in [1.54, 1.807) is 5.38 Å². The van der Waals surface area contributed by atoms with Crippen molar-refractivity contribution < 1.29 is 24.0 Å². The van der Waals surface area contributed by atoms with Gasteiger partial charge in [-0.15, -0.1) is 34.9 Å². The lowest BCUT2D eigenvalue weighted by molar-refractivity contribution is -0.154. The van der Waals surface area contributed by atoms with Crippen LogP contribution >= 0.6 is 34.9 Å². The van der Waals surface area contributed by atoms with E-state index >= 15 is 0 Å². The molecule has 15 heteroatoms. The zero-order valence-electron chi connectivity index (χ0n) is 34.4. The van der Waals surface area contributed by atoms with Gasteiger partial charge in [0, 0.05) is 33.6 Å². The zero-order chi connectivity index (χ0) is 44.0. The van der Waals surface area contributed by atoms with Crippen LogP contribution in [0.5, 0.6) is 0 Å². The molecule has 64 heavy (non-hydrogen) atoms. The van der Waals surface area contributed by atoms with Crippen molar-refractivity contribution in [2.45, 2.75) is 28.8 Å². The molecule has 1 saturated heterocycles. The Labute approximate surface area is 382 Å². The van der Waals surface area contributed by atoms with Crippen molar-refractivity contribution in [3.8, 4) is 0 Å². The summed E-state index contributed by atoms with van der Waals surface area (Å²) in [6.45, 7) is 0. The van der Waals surface area contributed by atoms with Crippen molar-refractivity contribution in [2.75, 3.05) is 18.6 Å². The van der Waals surface area contributed by atoms with E-state index in [2.05, 4.69) is 51.9 Å². The van der Waals surface area contributed by atoms with E-state index in [1.165, 1.54) is 35.5 Å². The number of nitrogens with one attached hydrogen (secondary N) is 1. The zero-order valence-corrected chi connectivity index (χ0v) is 36.8. The first-order valence-electron chi connectivity index (χ1n) is 20.3. The van der Waals surface area contributed by atoms with Gasteiger partial charge in [-0.1, -0.05) is 157 Å². The topological polar surface area (TPSA) is 154 Å². The summed E-state index contributed by atoms with van der Waals surface area (Å²) in [7, 11) is 1.31. The SMILES string of the molecule is CO/N=C(/C(=O)N[C@@H]1C(=O)N2C(C(=O)OC(c3ccccc3)c3ccccc3)=C(SCc3cnn(C(c4ccccc4)(c4ccccc4)c4ccccc4)c3)CS[C@H]12)c1csc(N)n1. The number of hydrogen-bond donors (Lipinski definition) is 2. The summed E-state index contributed by atoms with van der Waals surface area (Å²) < 4.78 is 8.43. The number of esters is 1. The molecule has 2 aromatic heterocycles. The largest absolute Gasteiger partial charge is 0.448 e. The number of thiazole rings is 1. The van der Waals surface area contributed by atoms with E-state index in [4.69, 9.17) is 20.4 Å². The number of benzene rings is 5. The van der Waals surface area contributed by atoms with Crippen LogP contribution < -0.4 is 11.1 Å². The van der Waals surface area contributed by atoms with Crippen LogP contribution in [-0.2, 0) is 35.2 Å². The molecule has 0 saturated carbocycles. The highest BCUT2D eigenvalue weighted by molar-refractivity contribution is 8.05. The lowest BCUT2D eigenvalue weighted by atomic mass is 9.77. The minimum atomic E-state index is -0.968. The Morgan fingerprint density at radius 2 is 1.41 bits per heavy atom. The van der Waals surface area contributed by atoms with Crippen molar-refractivity contribution in [1.29, 1.82) is 0 Å². The Balaban J connectivity index is 1.05. The molecular weight excluding hydrogens is 863 g/mol. The normalized spacial score (nSPS) is 16.2. The summed E-state index contributed by atoms with van der Waals surface area (Å²) in [5.41, 5.74) is 10.8. The molecule has 9 rings (SSSR count). The molecule has 7 aromatic rings. The number of carbonyl (C=O) groups excluding carboxylic acids is 3. The number of nitrogens with two attached hydrogens (primary N) is 1. The van der Waals surface area contributed by atoms with Gasteiger partial charge in [0.25, 0.3) is 11.8 Å². The van der Waals surface area contributed by atoms with Crippen molar-refractivity contribution in [3.05, 3.63) is 219 Å². The third kappa shape index (κ3) is 8.20. The summed E-state index contributed by atoms with van der Waals surface area (Å²) in [5, 5.41) is 13.0. The second kappa shape index (κ2) is 18.8. The van der Waals surface area contributed by atoms with Gasteiger partial charge in [-0.2, -0.15) is 5.10 Å². The molecule has 12 nitrogen and oxygen atoms in total. The maximum Gasteiger partial charge on any atom is 0.356 e. The maximum absolute atomic E-state index is 14.8. The number of rotatable bonds is 15. The quantitative estimate of drug-likeness (QED) is 0.0340. The second-order valence-electron chi connectivity index (χ2n) is 14.8. The molecule has 2 amide bonds. The maximum atomic E-state index is 14.8. The van der Waals surface area contributed by atoms with Crippen LogP contribution in [0.2, 0.25) is 0 Å². The number of nitrogens with zero attached hydrogens (tertiary/aromatic N) is 5. The van der Waals surface area contributed by atoms with Crippen molar-refractivity contribution >= 4 is 63.5 Å². The minimum absolute atomic E-state index is 0.126. The highest BCUT2D eigenvalue weighted by atomic mass is 32.2. The number of β-lactam (4-membered cyclic amide) rings is 1. The number of carbonyl (C=O) groups is 3. The van der Waals surface area contributed by atoms with E-state index in [0.29, 0.717) is 16.4 Å². The van der Waals surface area contributed by atoms with E-state index in [9.17, 15) is 14.4 Å². The van der Waals surface area contributed by atoms with Gasteiger partial charge in [-0.05, 0) is 27.8 Å². The van der Waals surface area contributed by atoms with Crippen LogP contribution in [0.1, 0.15) is 45.2 Å². The number of anilines is 1. The molecule has 2 aliphatic heterocycles. The van der Waals surface area contributed by atoms with Gasteiger partial charge in [0.1, 0.15) is 35.5 Å². The average molecular weight is 904 g/mol. The van der Waals surface area contributed by atoms with E-state index in [1.807, 2.05) is 132 Å². The molecule has 0 bridgehead atoms. The predicted octanol–water partition coefficient (Wildman–Crippen LogP) is 7.99. The molecule has 4 heterocycles. The van der Waals surface area contributed by atoms with Crippen molar-refractivity contribution in [3.63, 3.8) is 0 Å². The number of oxime groups is 1. The van der Waals surface area contributed by atoms with Crippen LogP contribution in [0.15, 0.2) is 185 Å². The number of hydrogen-bond acceptors (Lipinski definition) is 12. The summed E-state index contributed by atoms with van der Waals surface area (Å²) >= 11 is 4.05. The monoisotopic (exact) mass is 903 g/mol. The van der Waals surface area contributed by atoms with Gasteiger partial charge in [-0.25, -0.2) is 9.78 Å². The predicted molar refractivity (Wildman–Crippen MR) is 251 cm³/mol. The van der Waals surface area contributed by atoms with E-state index in [0.717, 1.165) is 44.7 Å². The summed E-state index contributed by atoms with van der Waals surface area (Å²) in [4.78, 5) is 53.9. The van der Waals surface area contributed by atoms with Crippen molar-refractivity contribution in [1.82, 2.24) is 25.0 Å². The summed E-state index contributed by atoms with van der Waals surface area (Å²) in [5.74, 6) is -0.985. The molecule has 0 unspecified atom stereocenters. The fourth-order valence-corrected chi connectivity index (χ4v) is 11.2. The van der Waals surface area contributed by atoms with Gasteiger partial charge < -0.3 is 20.6 Å². The Hall–Kier alpha value is -6.94. The molecule has 1 fully saturated rings. The highest BCUT2D eigenvalue weighted by Gasteiger charge is 2.55. The fraction of sp³-hybridized carbons (Fsp3) is 0.143. The number of fused-ring (bicyclic) bond motifs is 1. The fourth-order valence-electron chi connectivity index (χ4n) is 8.06. The molecule has 3 N–H and O–H groups in total. The second-order valence-corrected chi connectivity index (χ2v) is 17.9. The molecular formula is C49H41N7O5S3. The smallest absolute Gasteiger partial charge is 0.356 e.